The van der Waals surface area contributed by atoms with Gasteiger partial charge in [0.1, 0.15) is 0 Å². The highest BCUT2D eigenvalue weighted by molar-refractivity contribution is 7.87. The Bertz CT molecular complexity index is 520. The first-order valence-corrected chi connectivity index (χ1v) is 13.9. The summed E-state index contributed by atoms with van der Waals surface area (Å²) >= 11 is 0. The van der Waals surface area contributed by atoms with Gasteiger partial charge in [-0.15, -0.1) is 0 Å². The van der Waals surface area contributed by atoms with Gasteiger partial charge in [-0.3, -0.25) is 8.37 Å². The van der Waals surface area contributed by atoms with Crippen LogP contribution >= 0.6 is 0 Å². The topological polar surface area (TPSA) is 86.7 Å². The predicted octanol–water partition coefficient (Wildman–Crippen LogP) is 5.18. The molecule has 0 aromatic carbocycles. The summed E-state index contributed by atoms with van der Waals surface area (Å²) in [7, 11) is -7.10. The molecule has 0 N–H and O–H groups in total. The molecule has 0 unspecified atom stereocenters. The lowest BCUT2D eigenvalue weighted by atomic mass is 10.1. The van der Waals surface area contributed by atoms with E-state index in [2.05, 4.69) is 13.8 Å². The Morgan fingerprint density at radius 1 is 0.571 bits per heavy atom. The molecule has 0 fully saturated rings. The largest absolute Gasteiger partial charge is 0.270 e. The molecule has 8 heteroatoms. The van der Waals surface area contributed by atoms with Gasteiger partial charge in [0, 0.05) is 0 Å². The third-order valence-electron chi connectivity index (χ3n) is 4.95. The monoisotopic (exact) mass is 442 g/mol. The quantitative estimate of drug-likeness (QED) is 0.202. The van der Waals surface area contributed by atoms with E-state index in [1.807, 2.05) is 0 Å². The maximum atomic E-state index is 12.1. The standard InChI is InChI=1S/C20H42O6S2/c1-5-7-9-11-15-19(3)27(21,22)25-17-13-14-18-26-28(23,24)20(4)16-12-10-8-6-2/h19-20H,5-18H2,1-4H3/t19-,20-/m0/s1. The molecule has 0 saturated heterocycles. The van der Waals surface area contributed by atoms with E-state index in [0.717, 1.165) is 51.4 Å². The Kier molecular flexibility index (Phi) is 15.5. The van der Waals surface area contributed by atoms with E-state index in [9.17, 15) is 16.8 Å². The summed E-state index contributed by atoms with van der Waals surface area (Å²) in [6, 6.07) is 0. The second kappa shape index (κ2) is 15.6. The molecule has 0 rings (SSSR count). The molecule has 2 atom stereocenters. The van der Waals surface area contributed by atoms with Gasteiger partial charge in [-0.1, -0.05) is 65.2 Å². The molecule has 6 nitrogen and oxygen atoms in total. The van der Waals surface area contributed by atoms with Crippen LogP contribution in [0.1, 0.15) is 105 Å². The van der Waals surface area contributed by atoms with E-state index in [4.69, 9.17) is 8.37 Å². The van der Waals surface area contributed by atoms with E-state index in [1.54, 1.807) is 13.8 Å². The molecular formula is C20H42O6S2. The molecule has 0 aromatic rings. The first-order chi connectivity index (χ1) is 13.2. The number of hydrogen-bond acceptors (Lipinski definition) is 6. The Morgan fingerprint density at radius 2 is 0.929 bits per heavy atom. The first kappa shape index (κ1) is 27.8. The van der Waals surface area contributed by atoms with E-state index in [0.29, 0.717) is 25.7 Å². The molecule has 0 aliphatic heterocycles. The van der Waals surface area contributed by atoms with Crippen molar-refractivity contribution < 1.29 is 25.2 Å². The van der Waals surface area contributed by atoms with Gasteiger partial charge >= 0.3 is 0 Å². The molecule has 0 radical (unpaired) electrons. The molecule has 0 saturated carbocycles. The molecule has 0 spiro atoms. The minimum absolute atomic E-state index is 0.0671. The van der Waals surface area contributed by atoms with Crippen LogP contribution in [0.4, 0.5) is 0 Å². The van der Waals surface area contributed by atoms with Gasteiger partial charge in [0.15, 0.2) is 0 Å². The summed E-state index contributed by atoms with van der Waals surface area (Å²) in [5.74, 6) is 0. The predicted molar refractivity (Wildman–Crippen MR) is 115 cm³/mol. The van der Waals surface area contributed by atoms with Gasteiger partial charge in [-0.25, -0.2) is 0 Å². The van der Waals surface area contributed by atoms with Crippen LogP contribution in [0.3, 0.4) is 0 Å². The van der Waals surface area contributed by atoms with E-state index in [1.165, 1.54) is 0 Å². The van der Waals surface area contributed by atoms with Gasteiger partial charge in [0.2, 0.25) is 0 Å². The maximum absolute atomic E-state index is 12.1. The van der Waals surface area contributed by atoms with Gasteiger partial charge in [-0.05, 0) is 39.5 Å². The Hall–Kier alpha value is -0.180. The highest BCUT2D eigenvalue weighted by Crippen LogP contribution is 2.15. The van der Waals surface area contributed by atoms with Gasteiger partial charge in [-0.2, -0.15) is 16.8 Å². The maximum Gasteiger partial charge on any atom is 0.269 e. The molecular weight excluding hydrogens is 400 g/mol. The molecule has 0 heterocycles. The summed E-state index contributed by atoms with van der Waals surface area (Å²) in [6.45, 7) is 7.73. The van der Waals surface area contributed by atoms with Crippen molar-refractivity contribution in [2.24, 2.45) is 0 Å². The molecule has 0 bridgehead atoms. The minimum Gasteiger partial charge on any atom is -0.270 e. The summed E-state index contributed by atoms with van der Waals surface area (Å²) in [6.07, 6.45) is 10.4. The number of hydrogen-bond donors (Lipinski definition) is 0. The fourth-order valence-corrected chi connectivity index (χ4v) is 4.87. The van der Waals surface area contributed by atoms with Crippen molar-refractivity contribution in [3.05, 3.63) is 0 Å². The molecule has 0 aromatic heterocycles. The van der Waals surface area contributed by atoms with Gasteiger partial charge in [0.05, 0.1) is 23.7 Å². The van der Waals surface area contributed by atoms with E-state index in [-0.39, 0.29) is 13.2 Å². The summed E-state index contributed by atoms with van der Waals surface area (Å²) in [5, 5.41) is -1.01. The normalized spacial score (nSPS) is 14.9. The lowest BCUT2D eigenvalue weighted by Gasteiger charge is -2.14. The average Bonchev–Trinajstić information content (AvgIpc) is 2.64. The average molecular weight is 443 g/mol. The lowest BCUT2D eigenvalue weighted by molar-refractivity contribution is 0.265. The van der Waals surface area contributed by atoms with Crippen LogP contribution in [0.25, 0.3) is 0 Å². The van der Waals surface area contributed by atoms with Crippen molar-refractivity contribution >= 4 is 20.2 Å². The SMILES string of the molecule is CCCCCC[C@H](C)S(=O)(=O)OCCCCOS(=O)(=O)[C@@H](C)CCCCCC. The van der Waals surface area contributed by atoms with E-state index < -0.39 is 30.7 Å². The van der Waals surface area contributed by atoms with Crippen LogP contribution in [0.5, 0.6) is 0 Å². The van der Waals surface area contributed by atoms with Crippen molar-refractivity contribution in [2.45, 2.75) is 115 Å². The van der Waals surface area contributed by atoms with Crippen molar-refractivity contribution in [3.8, 4) is 0 Å². The van der Waals surface area contributed by atoms with E-state index >= 15 is 0 Å². The number of rotatable bonds is 19. The van der Waals surface area contributed by atoms with Crippen LogP contribution in [-0.4, -0.2) is 40.5 Å². The highest BCUT2D eigenvalue weighted by Gasteiger charge is 2.22. The zero-order valence-electron chi connectivity index (χ0n) is 18.3. The molecule has 170 valence electrons. The smallest absolute Gasteiger partial charge is 0.269 e. The molecule has 0 aliphatic rings. The van der Waals surface area contributed by atoms with Crippen molar-refractivity contribution in [2.75, 3.05) is 13.2 Å². The fraction of sp³-hybridized carbons (Fsp3) is 1.00. The molecule has 0 aliphatic carbocycles. The molecule has 0 amide bonds. The molecule has 28 heavy (non-hydrogen) atoms. The number of unbranched alkanes of at least 4 members (excludes halogenated alkanes) is 7. The third-order valence-corrected chi connectivity index (χ3v) is 8.38. The summed E-state index contributed by atoms with van der Waals surface area (Å²) in [4.78, 5) is 0. The zero-order valence-corrected chi connectivity index (χ0v) is 20.0. The summed E-state index contributed by atoms with van der Waals surface area (Å²) in [5.41, 5.74) is 0. The van der Waals surface area contributed by atoms with Gasteiger partial charge in [0.25, 0.3) is 20.2 Å². The van der Waals surface area contributed by atoms with Crippen molar-refractivity contribution in [3.63, 3.8) is 0 Å². The Labute approximate surface area is 174 Å². The zero-order chi connectivity index (χ0) is 21.5. The highest BCUT2D eigenvalue weighted by atomic mass is 32.2. The lowest BCUT2D eigenvalue weighted by Crippen LogP contribution is -2.22. The fourth-order valence-electron chi connectivity index (χ4n) is 2.79. The Balaban J connectivity index is 3.96. The first-order valence-electron chi connectivity index (χ1n) is 10.9. The van der Waals surface area contributed by atoms with Gasteiger partial charge < -0.3 is 0 Å². The van der Waals surface area contributed by atoms with Crippen molar-refractivity contribution in [1.29, 1.82) is 0 Å². The van der Waals surface area contributed by atoms with Crippen LogP contribution in [0.15, 0.2) is 0 Å². The summed E-state index contributed by atoms with van der Waals surface area (Å²) < 4.78 is 58.4. The van der Waals surface area contributed by atoms with Crippen LogP contribution in [0, 0.1) is 0 Å². The van der Waals surface area contributed by atoms with Crippen LogP contribution in [-0.2, 0) is 28.6 Å². The third kappa shape index (κ3) is 13.1. The second-order valence-corrected chi connectivity index (χ2v) is 11.7. The second-order valence-electron chi connectivity index (χ2n) is 7.66. The van der Waals surface area contributed by atoms with Crippen LogP contribution in [0.2, 0.25) is 0 Å². The van der Waals surface area contributed by atoms with Crippen LogP contribution < -0.4 is 0 Å². The Morgan fingerprint density at radius 3 is 1.25 bits per heavy atom. The minimum atomic E-state index is -3.55. The van der Waals surface area contributed by atoms with Crippen molar-refractivity contribution in [1.82, 2.24) is 0 Å².